The molecule has 0 aliphatic rings. The largest absolute Gasteiger partial charge is 1.00 e. The normalized spacial score (nSPS) is 8.25. The van der Waals surface area contributed by atoms with Gasteiger partial charge in [0.1, 0.15) is 0 Å². The van der Waals surface area contributed by atoms with Gasteiger partial charge in [-0.3, -0.25) is 0 Å². The molecule has 0 radical (unpaired) electrons. The summed E-state index contributed by atoms with van der Waals surface area (Å²) < 4.78 is 0. The van der Waals surface area contributed by atoms with Crippen LogP contribution in [0.3, 0.4) is 0 Å². The van der Waals surface area contributed by atoms with E-state index in [2.05, 4.69) is 10.6 Å². The Labute approximate surface area is 98.5 Å². The zero-order chi connectivity index (χ0) is 5.54. The first kappa shape index (κ1) is 12.3. The fourth-order valence-corrected chi connectivity index (χ4v) is 0.208. The SMILES string of the molecule is NC[N-]CNCN.[Rb+]. The smallest absolute Gasteiger partial charge is 0.638 e. The summed E-state index contributed by atoms with van der Waals surface area (Å²) in [6, 6.07) is 0. The van der Waals surface area contributed by atoms with Gasteiger partial charge in [0, 0.05) is 6.67 Å². The van der Waals surface area contributed by atoms with Gasteiger partial charge in [0.2, 0.25) is 0 Å². The van der Waals surface area contributed by atoms with E-state index in [1.807, 2.05) is 0 Å². The molecule has 0 atom stereocenters. The Hall–Kier alpha value is 1.65. The summed E-state index contributed by atoms with van der Waals surface area (Å²) in [5.74, 6) is 0. The van der Waals surface area contributed by atoms with Crippen LogP contribution in [-0.4, -0.2) is 20.0 Å². The summed E-state index contributed by atoms with van der Waals surface area (Å²) >= 11 is 0. The molecule has 44 valence electrons. The van der Waals surface area contributed by atoms with Gasteiger partial charge < -0.3 is 22.1 Å². The van der Waals surface area contributed by atoms with Crippen LogP contribution in [0.5, 0.6) is 0 Å². The summed E-state index contributed by atoms with van der Waals surface area (Å²) in [4.78, 5) is 0. The molecule has 5 heteroatoms. The predicted molar refractivity (Wildman–Crippen MR) is 29.5 cm³/mol. The van der Waals surface area contributed by atoms with Crippen molar-refractivity contribution in [3.05, 3.63) is 5.32 Å². The van der Waals surface area contributed by atoms with Crippen LogP contribution in [0.15, 0.2) is 0 Å². The Bertz CT molecular complexity index is 30.5. The molecule has 0 aromatic heterocycles. The van der Waals surface area contributed by atoms with Gasteiger partial charge in [0.05, 0.1) is 0 Å². The number of hydrogen-bond donors (Lipinski definition) is 3. The first-order chi connectivity index (χ1) is 3.41. The number of rotatable bonds is 4. The molecular weight excluding hydrogens is 178 g/mol. The quantitative estimate of drug-likeness (QED) is 0.309. The van der Waals surface area contributed by atoms with E-state index in [9.17, 15) is 0 Å². The van der Waals surface area contributed by atoms with Gasteiger partial charge in [-0.05, 0) is 0 Å². The molecule has 0 unspecified atom stereocenters. The van der Waals surface area contributed by atoms with E-state index in [4.69, 9.17) is 11.5 Å². The number of hydrogen-bond acceptors (Lipinski definition) is 3. The van der Waals surface area contributed by atoms with Gasteiger partial charge in [0.25, 0.3) is 0 Å². The summed E-state index contributed by atoms with van der Waals surface area (Å²) in [5.41, 5.74) is 10.1. The second-order valence-corrected chi connectivity index (χ2v) is 1.02. The van der Waals surface area contributed by atoms with Crippen molar-refractivity contribution < 1.29 is 58.2 Å². The van der Waals surface area contributed by atoms with Crippen molar-refractivity contribution in [2.75, 3.05) is 20.0 Å². The fourth-order valence-electron chi connectivity index (χ4n) is 0.208. The molecule has 0 spiro atoms. The maximum Gasteiger partial charge on any atom is 1.00 e. The van der Waals surface area contributed by atoms with Crippen LogP contribution in [0.4, 0.5) is 0 Å². The van der Waals surface area contributed by atoms with Gasteiger partial charge in [-0.25, -0.2) is 0 Å². The molecule has 0 aliphatic heterocycles. The molecule has 0 saturated heterocycles. The molecule has 5 N–H and O–H groups in total. The average molecular weight is 189 g/mol. The molecular formula is C3H11N4Rb. The molecule has 0 aromatic rings. The molecule has 0 rings (SSSR count). The Morgan fingerprint density at radius 1 is 1.38 bits per heavy atom. The maximum atomic E-state index is 5.06. The van der Waals surface area contributed by atoms with Gasteiger partial charge >= 0.3 is 58.2 Å². The minimum Gasteiger partial charge on any atom is -0.638 e. The van der Waals surface area contributed by atoms with Gasteiger partial charge in [-0.1, -0.05) is 13.3 Å². The van der Waals surface area contributed by atoms with Gasteiger partial charge in [-0.15, -0.1) is 0 Å². The van der Waals surface area contributed by atoms with E-state index in [0.29, 0.717) is 20.0 Å². The van der Waals surface area contributed by atoms with Crippen molar-refractivity contribution in [2.45, 2.75) is 0 Å². The molecule has 0 aromatic carbocycles. The Morgan fingerprint density at radius 2 is 2.00 bits per heavy atom. The van der Waals surface area contributed by atoms with E-state index in [1.165, 1.54) is 0 Å². The minimum absolute atomic E-state index is 0. The second-order valence-electron chi connectivity index (χ2n) is 1.02. The van der Waals surface area contributed by atoms with Crippen molar-refractivity contribution in [3.63, 3.8) is 0 Å². The molecule has 4 nitrogen and oxygen atoms in total. The standard InChI is InChI=1S/C3H11N4.Rb/c4-1-6-3-7-2-5;/h6H,1-5H2;/q-1;+1. The van der Waals surface area contributed by atoms with Crippen LogP contribution in [0.25, 0.3) is 5.32 Å². The third-order valence-corrected chi connectivity index (χ3v) is 0.497. The maximum absolute atomic E-state index is 5.06. The van der Waals surface area contributed by atoms with Crippen LogP contribution in [0.1, 0.15) is 0 Å². The van der Waals surface area contributed by atoms with Crippen LogP contribution in [0.2, 0.25) is 0 Å². The molecule has 0 heterocycles. The van der Waals surface area contributed by atoms with E-state index in [-0.39, 0.29) is 58.2 Å². The Morgan fingerprint density at radius 3 is 2.38 bits per heavy atom. The van der Waals surface area contributed by atoms with Crippen LogP contribution in [-0.2, 0) is 0 Å². The van der Waals surface area contributed by atoms with Gasteiger partial charge in [0.15, 0.2) is 0 Å². The predicted octanol–water partition coefficient (Wildman–Crippen LogP) is -4.26. The topological polar surface area (TPSA) is 78.2 Å². The van der Waals surface area contributed by atoms with Crippen molar-refractivity contribution >= 4 is 0 Å². The second kappa shape index (κ2) is 11.4. The molecule has 0 aliphatic carbocycles. The number of nitrogens with two attached hydrogens (primary N) is 2. The van der Waals surface area contributed by atoms with Crippen LogP contribution in [0, 0.1) is 0 Å². The molecule has 0 saturated carbocycles. The zero-order valence-electron chi connectivity index (χ0n) is 5.22. The van der Waals surface area contributed by atoms with Crippen LogP contribution >= 0.6 is 0 Å². The van der Waals surface area contributed by atoms with E-state index < -0.39 is 0 Å². The number of nitrogens with zero attached hydrogens (tertiary/aromatic N) is 1. The summed E-state index contributed by atoms with van der Waals surface area (Å²) in [5, 5.41) is 6.53. The Kier molecular flexibility index (Phi) is 17.6. The molecule has 0 amide bonds. The fraction of sp³-hybridized carbons (Fsp3) is 1.00. The van der Waals surface area contributed by atoms with E-state index in [1.54, 1.807) is 0 Å². The molecule has 8 heavy (non-hydrogen) atoms. The summed E-state index contributed by atoms with van der Waals surface area (Å²) in [6.07, 6.45) is 0. The van der Waals surface area contributed by atoms with Gasteiger partial charge in [-0.2, -0.15) is 0 Å². The third-order valence-electron chi connectivity index (χ3n) is 0.497. The summed E-state index contributed by atoms with van der Waals surface area (Å²) in [6.45, 7) is 1.39. The van der Waals surface area contributed by atoms with Crippen molar-refractivity contribution in [1.29, 1.82) is 0 Å². The first-order valence-electron chi connectivity index (χ1n) is 2.16. The third kappa shape index (κ3) is 10.6. The Balaban J connectivity index is 0. The monoisotopic (exact) mass is 188 g/mol. The van der Waals surface area contributed by atoms with Crippen molar-refractivity contribution in [3.8, 4) is 0 Å². The van der Waals surface area contributed by atoms with Crippen molar-refractivity contribution in [1.82, 2.24) is 5.32 Å². The number of nitrogens with one attached hydrogen (secondary N) is 1. The van der Waals surface area contributed by atoms with Crippen LogP contribution < -0.4 is 75.0 Å². The zero-order valence-corrected chi connectivity index (χ0v) is 10.1. The molecule has 0 bridgehead atoms. The molecule has 0 fully saturated rings. The first-order valence-corrected chi connectivity index (χ1v) is 2.16. The minimum atomic E-state index is 0. The van der Waals surface area contributed by atoms with Crippen molar-refractivity contribution in [2.24, 2.45) is 11.5 Å². The van der Waals surface area contributed by atoms with E-state index >= 15 is 0 Å². The average Bonchev–Trinajstić information content (AvgIpc) is 1.69. The summed E-state index contributed by atoms with van der Waals surface area (Å²) in [7, 11) is 0. The van der Waals surface area contributed by atoms with E-state index in [0.717, 1.165) is 0 Å².